The maximum atomic E-state index is 12.9. The molecule has 0 aliphatic carbocycles. The van der Waals surface area contributed by atoms with Gasteiger partial charge in [0.2, 0.25) is 0 Å². The second kappa shape index (κ2) is 31.4. The highest BCUT2D eigenvalue weighted by molar-refractivity contribution is 5.70. The van der Waals surface area contributed by atoms with Crippen molar-refractivity contribution in [3.8, 4) is 0 Å². The maximum Gasteiger partial charge on any atom is 0.306 e. The summed E-state index contributed by atoms with van der Waals surface area (Å²) in [7, 11) is 0. The first-order valence-electron chi connectivity index (χ1n) is 22.1. The fraction of sp³-hybridized carbons (Fsp3) is 0.952. The minimum absolute atomic E-state index is 0.172. The summed E-state index contributed by atoms with van der Waals surface area (Å²) in [5.41, 5.74) is 0. The third-order valence-corrected chi connectivity index (χ3v) is 10.8. The Morgan fingerprint density at radius 1 is 0.491 bits per heavy atom. The van der Waals surface area contributed by atoms with Gasteiger partial charge in [-0.3, -0.25) is 9.59 Å². The molecule has 7 N–H and O–H groups in total. The Morgan fingerprint density at radius 2 is 0.895 bits per heavy atom. The fourth-order valence-electron chi connectivity index (χ4n) is 7.10. The van der Waals surface area contributed by atoms with Gasteiger partial charge in [0, 0.05) is 12.8 Å². The molecule has 0 amide bonds. The Morgan fingerprint density at radius 3 is 1.37 bits per heavy atom. The van der Waals surface area contributed by atoms with E-state index in [0.29, 0.717) is 12.8 Å². The fourth-order valence-corrected chi connectivity index (χ4v) is 7.10. The molecule has 2 aliphatic heterocycles. The average Bonchev–Trinajstić information content (AvgIpc) is 3.20. The molecule has 2 fully saturated rings. The van der Waals surface area contributed by atoms with Crippen molar-refractivity contribution in [3.05, 3.63) is 0 Å². The van der Waals surface area contributed by atoms with Gasteiger partial charge in [-0.05, 0) is 12.8 Å². The summed E-state index contributed by atoms with van der Waals surface area (Å²) in [5, 5.41) is 71.7. The number of hydrogen-bond donors (Lipinski definition) is 7. The molecule has 15 heteroatoms. The van der Waals surface area contributed by atoms with Gasteiger partial charge in [0.05, 0.1) is 19.8 Å². The molecule has 0 aromatic heterocycles. The number of ether oxygens (including phenoxy) is 6. The lowest BCUT2D eigenvalue weighted by molar-refractivity contribution is -0.332. The van der Waals surface area contributed by atoms with Crippen molar-refractivity contribution in [1.29, 1.82) is 0 Å². The second-order valence-corrected chi connectivity index (χ2v) is 15.9. The number of rotatable bonds is 33. The van der Waals surface area contributed by atoms with Gasteiger partial charge in [-0.15, -0.1) is 0 Å². The predicted octanol–water partition coefficient (Wildman–Crippen LogP) is 4.09. The lowest BCUT2D eigenvalue weighted by atomic mass is 9.98. The van der Waals surface area contributed by atoms with Crippen LogP contribution in [0.2, 0.25) is 0 Å². The molecule has 0 radical (unpaired) electrons. The summed E-state index contributed by atoms with van der Waals surface area (Å²) >= 11 is 0. The van der Waals surface area contributed by atoms with Gasteiger partial charge >= 0.3 is 11.9 Å². The van der Waals surface area contributed by atoms with E-state index in [-0.39, 0.29) is 26.1 Å². The molecule has 0 aromatic carbocycles. The van der Waals surface area contributed by atoms with Crippen molar-refractivity contribution >= 4 is 11.9 Å². The van der Waals surface area contributed by atoms with Crippen molar-refractivity contribution in [2.24, 2.45) is 0 Å². The van der Waals surface area contributed by atoms with Crippen LogP contribution in [-0.2, 0) is 38.0 Å². The van der Waals surface area contributed by atoms with Gasteiger partial charge < -0.3 is 64.2 Å². The zero-order valence-corrected chi connectivity index (χ0v) is 34.8. The first-order chi connectivity index (χ1) is 27.5. The van der Waals surface area contributed by atoms with Crippen LogP contribution in [0.3, 0.4) is 0 Å². The average molecular weight is 823 g/mol. The third kappa shape index (κ3) is 21.0. The quantitative estimate of drug-likeness (QED) is 0.0365. The number of carbonyl (C=O) groups excluding carboxylic acids is 2. The molecular weight excluding hydrogens is 744 g/mol. The lowest BCUT2D eigenvalue weighted by Gasteiger charge is -2.42. The summed E-state index contributed by atoms with van der Waals surface area (Å²) in [6.07, 6.45) is 7.33. The molecule has 2 saturated heterocycles. The van der Waals surface area contributed by atoms with Gasteiger partial charge in [0.1, 0.15) is 55.4 Å². The Kier molecular flexibility index (Phi) is 28.4. The predicted molar refractivity (Wildman–Crippen MR) is 211 cm³/mol. The van der Waals surface area contributed by atoms with E-state index in [9.17, 15) is 45.3 Å². The van der Waals surface area contributed by atoms with Crippen LogP contribution in [0.1, 0.15) is 162 Å². The van der Waals surface area contributed by atoms with Crippen LogP contribution in [0.25, 0.3) is 0 Å². The van der Waals surface area contributed by atoms with Crippen molar-refractivity contribution < 1.29 is 73.8 Å². The zero-order chi connectivity index (χ0) is 41.8. The number of esters is 2. The first kappa shape index (κ1) is 51.6. The highest BCUT2D eigenvalue weighted by atomic mass is 16.7. The number of hydrogen-bond acceptors (Lipinski definition) is 15. The summed E-state index contributed by atoms with van der Waals surface area (Å²) in [6, 6.07) is 0. The van der Waals surface area contributed by atoms with E-state index in [0.717, 1.165) is 38.5 Å². The Balaban J connectivity index is 1.87. The molecule has 0 spiro atoms. The van der Waals surface area contributed by atoms with Crippen LogP contribution in [0.15, 0.2) is 0 Å². The van der Waals surface area contributed by atoms with Gasteiger partial charge in [-0.25, -0.2) is 0 Å². The molecule has 11 unspecified atom stereocenters. The summed E-state index contributed by atoms with van der Waals surface area (Å²) in [5.74, 6) is -0.921. The highest BCUT2D eigenvalue weighted by Gasteiger charge is 2.47. The van der Waals surface area contributed by atoms with E-state index in [1.807, 2.05) is 0 Å². The largest absolute Gasteiger partial charge is 0.462 e. The molecule has 0 bridgehead atoms. The Labute approximate surface area is 340 Å². The second-order valence-electron chi connectivity index (χ2n) is 15.9. The molecular formula is C42H78O15. The smallest absolute Gasteiger partial charge is 0.306 e. The summed E-state index contributed by atoms with van der Waals surface area (Å²) < 4.78 is 33.4. The van der Waals surface area contributed by atoms with E-state index in [1.165, 1.54) is 83.5 Å². The van der Waals surface area contributed by atoms with E-state index in [1.54, 1.807) is 0 Å². The maximum absolute atomic E-state index is 12.9. The van der Waals surface area contributed by atoms with E-state index < -0.39 is 92.7 Å². The lowest BCUT2D eigenvalue weighted by Crippen LogP contribution is -2.61. The third-order valence-electron chi connectivity index (χ3n) is 10.8. The minimum Gasteiger partial charge on any atom is -0.462 e. The molecule has 336 valence electrons. The van der Waals surface area contributed by atoms with Crippen LogP contribution in [-0.4, -0.2) is 142 Å². The molecule has 2 rings (SSSR count). The van der Waals surface area contributed by atoms with Gasteiger partial charge in [-0.2, -0.15) is 0 Å². The molecule has 2 heterocycles. The topological polar surface area (TPSA) is 231 Å². The standard InChI is InChI=1S/C42H78O15/c1-3-5-7-9-11-13-14-15-17-19-21-23-25-34(45)55-30(27-52-33(44)24-22-20-18-16-12-10-8-6-4-2)28-53-41-40(51)38(49)36(47)32(57-41)29-54-42-39(50)37(48)35(46)31(26-43)56-42/h30-32,35-43,46-51H,3-29H2,1-2H3. The normalized spacial score (nSPS) is 28.3. The van der Waals surface area contributed by atoms with Crippen LogP contribution in [0.5, 0.6) is 0 Å². The van der Waals surface area contributed by atoms with E-state index in [2.05, 4.69) is 13.8 Å². The number of aliphatic hydroxyl groups excluding tert-OH is 7. The van der Waals surface area contributed by atoms with Gasteiger partial charge in [0.15, 0.2) is 18.7 Å². The summed E-state index contributed by atoms with van der Waals surface area (Å²) in [6.45, 7) is 2.55. The highest BCUT2D eigenvalue weighted by Crippen LogP contribution is 2.26. The van der Waals surface area contributed by atoms with Crippen LogP contribution in [0.4, 0.5) is 0 Å². The van der Waals surface area contributed by atoms with Crippen molar-refractivity contribution in [3.63, 3.8) is 0 Å². The van der Waals surface area contributed by atoms with Crippen molar-refractivity contribution in [2.75, 3.05) is 26.4 Å². The molecule has 0 aromatic rings. The van der Waals surface area contributed by atoms with Crippen LogP contribution in [0, 0.1) is 0 Å². The van der Waals surface area contributed by atoms with Crippen LogP contribution < -0.4 is 0 Å². The number of carbonyl (C=O) groups is 2. The van der Waals surface area contributed by atoms with Crippen molar-refractivity contribution in [1.82, 2.24) is 0 Å². The molecule has 2 aliphatic rings. The van der Waals surface area contributed by atoms with Gasteiger partial charge in [0.25, 0.3) is 0 Å². The van der Waals surface area contributed by atoms with Gasteiger partial charge in [-0.1, -0.05) is 136 Å². The molecule has 15 nitrogen and oxygen atoms in total. The molecule has 11 atom stereocenters. The first-order valence-corrected chi connectivity index (χ1v) is 22.1. The SMILES string of the molecule is CCCCCCCCCCCCCCC(=O)OC(COC(=O)CCCCCCCCCCC)COC1OC(COC2OC(CO)C(O)C(O)C2O)C(O)C(O)C1O. The zero-order valence-electron chi connectivity index (χ0n) is 34.8. The number of unbranched alkanes of at least 4 members (excludes halogenated alkanes) is 19. The van der Waals surface area contributed by atoms with Crippen molar-refractivity contribution in [2.45, 2.75) is 229 Å². The molecule has 0 saturated carbocycles. The number of aliphatic hydroxyl groups is 7. The monoisotopic (exact) mass is 823 g/mol. The Bertz CT molecular complexity index is 1020. The molecule has 57 heavy (non-hydrogen) atoms. The minimum atomic E-state index is -1.76. The van der Waals surface area contributed by atoms with E-state index >= 15 is 0 Å². The van der Waals surface area contributed by atoms with E-state index in [4.69, 9.17) is 28.4 Å². The Hall–Kier alpha value is -1.50. The van der Waals surface area contributed by atoms with Crippen LogP contribution >= 0.6 is 0 Å². The summed E-state index contributed by atoms with van der Waals surface area (Å²) in [4.78, 5) is 25.5.